The molecule has 1 aliphatic rings. The van der Waals surface area contributed by atoms with Crippen molar-refractivity contribution in [3.05, 3.63) is 11.4 Å². The number of nitrogens with two attached hydrogens (primary N) is 1. The molecule has 21 heavy (non-hydrogen) atoms. The van der Waals surface area contributed by atoms with E-state index in [1.165, 1.54) is 0 Å². The fourth-order valence-electron chi connectivity index (χ4n) is 2.74. The molecule has 7 nitrogen and oxygen atoms in total. The second kappa shape index (κ2) is 6.15. The van der Waals surface area contributed by atoms with E-state index in [1.807, 2.05) is 0 Å². The van der Waals surface area contributed by atoms with Crippen LogP contribution in [0.2, 0.25) is 0 Å². The lowest BCUT2D eigenvalue weighted by atomic mass is 9.89. The van der Waals surface area contributed by atoms with Crippen LogP contribution in [-0.4, -0.2) is 30.7 Å². The Bertz CT molecular complexity index is 623. The minimum atomic E-state index is -4.02. The number of nitrogens with zero attached hydrogens (tertiary/aromatic N) is 1. The molecule has 2 atom stereocenters. The number of carbonyl (C=O) groups is 1. The summed E-state index contributed by atoms with van der Waals surface area (Å²) in [5, 5.41) is 11.5. The average molecular weight is 315 g/mol. The first-order valence-corrected chi connectivity index (χ1v) is 8.68. The van der Waals surface area contributed by atoms with Gasteiger partial charge in [-0.15, -0.1) is 0 Å². The van der Waals surface area contributed by atoms with Gasteiger partial charge in [-0.05, 0) is 31.6 Å². The van der Waals surface area contributed by atoms with E-state index in [4.69, 9.17) is 9.88 Å². The Kier molecular flexibility index (Phi) is 4.67. The number of hydrogen-bond donors (Lipinski definition) is 2. The Morgan fingerprint density at radius 2 is 2.19 bits per heavy atom. The van der Waals surface area contributed by atoms with Gasteiger partial charge in [0.05, 0.1) is 5.69 Å². The highest BCUT2D eigenvalue weighted by Crippen LogP contribution is 2.27. The highest BCUT2D eigenvalue weighted by molar-refractivity contribution is 7.89. The van der Waals surface area contributed by atoms with Crippen LogP contribution >= 0.6 is 0 Å². The normalized spacial score (nSPS) is 23.0. The first-order valence-electron chi connectivity index (χ1n) is 7.14. The molecule has 0 radical (unpaired) electrons. The van der Waals surface area contributed by atoms with Crippen molar-refractivity contribution in [1.29, 1.82) is 0 Å². The van der Waals surface area contributed by atoms with Gasteiger partial charge in [0.2, 0.25) is 10.0 Å². The molecule has 0 saturated heterocycles. The van der Waals surface area contributed by atoms with Crippen LogP contribution in [0.4, 0.5) is 0 Å². The summed E-state index contributed by atoms with van der Waals surface area (Å²) in [7, 11) is -4.02. The summed E-state index contributed by atoms with van der Waals surface area (Å²) in [6, 6.07) is 0. The van der Waals surface area contributed by atoms with E-state index in [1.54, 1.807) is 6.92 Å². The van der Waals surface area contributed by atoms with Gasteiger partial charge in [-0.25, -0.2) is 18.4 Å². The lowest BCUT2D eigenvalue weighted by molar-refractivity contribution is 0.0144. The van der Waals surface area contributed by atoms with E-state index in [9.17, 15) is 13.2 Å². The molecule has 3 N–H and O–H groups in total. The molecular formula is C13H21N3O4S. The third-order valence-electron chi connectivity index (χ3n) is 3.79. The molecule has 0 spiro atoms. The number of ether oxygens (including phenoxy) is 1. The van der Waals surface area contributed by atoms with E-state index in [-0.39, 0.29) is 16.7 Å². The van der Waals surface area contributed by atoms with Crippen molar-refractivity contribution >= 4 is 16.0 Å². The lowest BCUT2D eigenvalue weighted by Gasteiger charge is -2.26. The first kappa shape index (κ1) is 16.0. The van der Waals surface area contributed by atoms with E-state index in [0.29, 0.717) is 18.0 Å². The molecule has 0 amide bonds. The summed E-state index contributed by atoms with van der Waals surface area (Å²) >= 11 is 0. The van der Waals surface area contributed by atoms with Crippen LogP contribution in [-0.2, 0) is 21.2 Å². The summed E-state index contributed by atoms with van der Waals surface area (Å²) in [5.41, 5.74) is 0.0778. The van der Waals surface area contributed by atoms with Gasteiger partial charge < -0.3 is 4.74 Å². The second-order valence-electron chi connectivity index (χ2n) is 5.58. The molecule has 0 aromatic carbocycles. The number of esters is 1. The molecule has 1 fully saturated rings. The summed E-state index contributed by atoms with van der Waals surface area (Å²) < 4.78 is 28.7. The largest absolute Gasteiger partial charge is 0.458 e. The second-order valence-corrected chi connectivity index (χ2v) is 7.08. The van der Waals surface area contributed by atoms with Crippen molar-refractivity contribution in [2.45, 2.75) is 57.0 Å². The number of sulfonamides is 1. The summed E-state index contributed by atoms with van der Waals surface area (Å²) in [6.45, 7) is 3.86. The minimum Gasteiger partial charge on any atom is -0.458 e. The maximum absolute atomic E-state index is 12.2. The van der Waals surface area contributed by atoms with Gasteiger partial charge in [-0.3, -0.25) is 5.10 Å². The summed E-state index contributed by atoms with van der Waals surface area (Å²) in [6.07, 6.45) is 3.91. The molecule has 118 valence electrons. The van der Waals surface area contributed by atoms with E-state index in [0.717, 1.165) is 25.7 Å². The van der Waals surface area contributed by atoms with Crippen molar-refractivity contribution in [3.63, 3.8) is 0 Å². The van der Waals surface area contributed by atoms with Crippen molar-refractivity contribution in [3.8, 4) is 0 Å². The fourth-order valence-corrected chi connectivity index (χ4v) is 3.68. The maximum Gasteiger partial charge on any atom is 0.360 e. The zero-order valence-corrected chi connectivity index (χ0v) is 13.1. The van der Waals surface area contributed by atoms with Gasteiger partial charge in [0.25, 0.3) is 0 Å². The van der Waals surface area contributed by atoms with Gasteiger partial charge in [-0.1, -0.05) is 20.3 Å². The molecule has 1 aliphatic carbocycles. The van der Waals surface area contributed by atoms with E-state index >= 15 is 0 Å². The first-order chi connectivity index (χ1) is 9.82. The van der Waals surface area contributed by atoms with Gasteiger partial charge in [-0.2, -0.15) is 5.10 Å². The average Bonchev–Trinajstić information content (AvgIpc) is 2.82. The molecule has 0 bridgehead atoms. The van der Waals surface area contributed by atoms with Gasteiger partial charge in [0.1, 0.15) is 11.0 Å². The number of H-pyrrole nitrogens is 1. The molecule has 1 aromatic rings. The third-order valence-corrected chi connectivity index (χ3v) is 4.79. The number of hydrogen-bond acceptors (Lipinski definition) is 5. The fraction of sp³-hybridized carbons (Fsp3) is 0.692. The molecule has 1 aromatic heterocycles. The van der Waals surface area contributed by atoms with Crippen LogP contribution in [0.15, 0.2) is 4.90 Å². The Labute approximate surface area is 124 Å². The van der Waals surface area contributed by atoms with Crippen LogP contribution in [0.25, 0.3) is 0 Å². The number of primary sulfonamides is 1. The zero-order valence-electron chi connectivity index (χ0n) is 12.3. The summed E-state index contributed by atoms with van der Waals surface area (Å²) in [5.74, 6) is -0.228. The quantitative estimate of drug-likeness (QED) is 0.814. The standard InChI is InChI=1S/C13H21N3O4S/c1-3-10-12(21(14,18)19)11(16-15-10)13(17)20-9-6-4-5-8(2)7-9/h8-9H,3-7H2,1-2H3,(H,15,16)(H2,14,18,19). The number of rotatable bonds is 4. The van der Waals surface area contributed by atoms with Crippen molar-refractivity contribution in [1.82, 2.24) is 10.2 Å². The number of carbonyl (C=O) groups excluding carboxylic acids is 1. The zero-order chi connectivity index (χ0) is 15.6. The number of aromatic nitrogens is 2. The van der Waals surface area contributed by atoms with Crippen LogP contribution in [0.1, 0.15) is 55.7 Å². The van der Waals surface area contributed by atoms with E-state index < -0.39 is 16.0 Å². The Hall–Kier alpha value is -1.41. The molecule has 2 rings (SSSR count). The smallest absolute Gasteiger partial charge is 0.360 e. The van der Waals surface area contributed by atoms with Crippen LogP contribution in [0.3, 0.4) is 0 Å². The lowest BCUT2D eigenvalue weighted by Crippen LogP contribution is -2.26. The molecule has 1 heterocycles. The van der Waals surface area contributed by atoms with Crippen LogP contribution < -0.4 is 5.14 Å². The van der Waals surface area contributed by atoms with Crippen LogP contribution in [0.5, 0.6) is 0 Å². The number of nitrogens with one attached hydrogen (secondary N) is 1. The highest BCUT2D eigenvalue weighted by atomic mass is 32.2. The number of aromatic amines is 1. The van der Waals surface area contributed by atoms with Gasteiger partial charge >= 0.3 is 5.97 Å². The van der Waals surface area contributed by atoms with Crippen molar-refractivity contribution in [2.24, 2.45) is 11.1 Å². The molecule has 8 heteroatoms. The SMILES string of the molecule is CCc1[nH]nc(C(=O)OC2CCCC(C)C2)c1S(N)(=O)=O. The molecule has 2 unspecified atom stereocenters. The number of aryl methyl sites for hydroxylation is 1. The topological polar surface area (TPSA) is 115 Å². The van der Waals surface area contributed by atoms with Crippen LogP contribution in [0, 0.1) is 5.92 Å². The Balaban J connectivity index is 2.22. The third kappa shape index (κ3) is 3.62. The van der Waals surface area contributed by atoms with Gasteiger partial charge in [0, 0.05) is 0 Å². The predicted octanol–water partition coefficient (Wildman–Crippen LogP) is 1.35. The van der Waals surface area contributed by atoms with Gasteiger partial charge in [0.15, 0.2) is 5.69 Å². The molecule has 0 aliphatic heterocycles. The monoisotopic (exact) mass is 315 g/mol. The Morgan fingerprint density at radius 1 is 1.48 bits per heavy atom. The minimum absolute atomic E-state index is 0.184. The maximum atomic E-state index is 12.2. The predicted molar refractivity (Wildman–Crippen MR) is 76.2 cm³/mol. The highest BCUT2D eigenvalue weighted by Gasteiger charge is 2.30. The summed E-state index contributed by atoms with van der Waals surface area (Å²) in [4.78, 5) is 11.9. The van der Waals surface area contributed by atoms with E-state index in [2.05, 4.69) is 17.1 Å². The molecule has 1 saturated carbocycles. The van der Waals surface area contributed by atoms with Crippen molar-refractivity contribution in [2.75, 3.05) is 0 Å². The van der Waals surface area contributed by atoms with Crippen molar-refractivity contribution < 1.29 is 17.9 Å². The Morgan fingerprint density at radius 3 is 2.76 bits per heavy atom. The molecular weight excluding hydrogens is 294 g/mol.